The molecule has 0 spiro atoms. The van der Waals surface area contributed by atoms with E-state index in [-0.39, 0.29) is 5.91 Å². The Morgan fingerprint density at radius 2 is 2.10 bits per heavy atom. The molecule has 6 heteroatoms. The number of hydrogen-bond acceptors (Lipinski definition) is 3. The first-order valence-corrected chi connectivity index (χ1v) is 7.23. The van der Waals surface area contributed by atoms with Gasteiger partial charge in [-0.25, -0.2) is 4.79 Å². The monoisotopic (exact) mass is 355 g/mol. The number of benzene rings is 1. The molecule has 1 aromatic rings. The summed E-state index contributed by atoms with van der Waals surface area (Å²) in [5, 5.41) is 8.64. The molecule has 0 unspecified atom stereocenters. The molecule has 0 radical (unpaired) electrons. The zero-order valence-electron chi connectivity index (χ0n) is 12.0. The summed E-state index contributed by atoms with van der Waals surface area (Å²) in [6.07, 6.45) is 3.64. The zero-order chi connectivity index (χ0) is 15.8. The lowest BCUT2D eigenvalue weighted by molar-refractivity contribution is -0.131. The fourth-order valence-corrected chi connectivity index (χ4v) is 1.92. The minimum Gasteiger partial charge on any atom is -0.494 e. The van der Waals surface area contributed by atoms with E-state index in [4.69, 9.17) is 9.84 Å². The van der Waals surface area contributed by atoms with E-state index in [1.807, 2.05) is 0 Å². The number of carboxylic acids is 1. The van der Waals surface area contributed by atoms with Gasteiger partial charge in [-0.15, -0.1) is 0 Å². The number of nitrogens with zero attached hydrogens (tertiary/aromatic N) is 1. The smallest absolute Gasteiger partial charge is 0.328 e. The summed E-state index contributed by atoms with van der Waals surface area (Å²) in [5.41, 5.74) is 0.722. The van der Waals surface area contributed by atoms with Crippen molar-refractivity contribution in [3.05, 3.63) is 34.3 Å². The number of hydrogen-bond donors (Lipinski definition) is 1. The van der Waals surface area contributed by atoms with E-state index >= 15 is 0 Å². The van der Waals surface area contributed by atoms with Crippen molar-refractivity contribution in [2.75, 3.05) is 20.7 Å². The molecule has 114 valence electrons. The van der Waals surface area contributed by atoms with Crippen LogP contribution in [0.5, 0.6) is 5.75 Å². The van der Waals surface area contributed by atoms with Crippen LogP contribution < -0.4 is 4.74 Å². The highest BCUT2D eigenvalue weighted by molar-refractivity contribution is 9.10. The van der Waals surface area contributed by atoms with E-state index in [0.29, 0.717) is 25.2 Å². The van der Waals surface area contributed by atoms with Crippen molar-refractivity contribution in [2.24, 2.45) is 0 Å². The van der Waals surface area contributed by atoms with Gasteiger partial charge in [-0.05, 0) is 36.3 Å². The number of aliphatic carboxylic acids is 1. The van der Waals surface area contributed by atoms with Crippen molar-refractivity contribution in [1.29, 1.82) is 0 Å². The highest BCUT2D eigenvalue weighted by Gasteiger charge is 2.04. The summed E-state index contributed by atoms with van der Waals surface area (Å²) in [4.78, 5) is 23.5. The van der Waals surface area contributed by atoms with Crippen molar-refractivity contribution in [3.63, 3.8) is 0 Å². The van der Waals surface area contributed by atoms with Crippen LogP contribution in [0.3, 0.4) is 0 Å². The Morgan fingerprint density at radius 3 is 2.71 bits per heavy atom. The van der Waals surface area contributed by atoms with E-state index in [9.17, 15) is 9.59 Å². The van der Waals surface area contributed by atoms with Gasteiger partial charge in [0.05, 0.1) is 6.61 Å². The van der Waals surface area contributed by atoms with Crippen LogP contribution in [-0.4, -0.2) is 42.6 Å². The van der Waals surface area contributed by atoms with E-state index in [1.54, 1.807) is 37.2 Å². The lowest BCUT2D eigenvalue weighted by atomic mass is 10.2. The lowest BCUT2D eigenvalue weighted by Gasteiger charge is -2.11. The van der Waals surface area contributed by atoms with Crippen molar-refractivity contribution < 1.29 is 19.4 Å². The van der Waals surface area contributed by atoms with Gasteiger partial charge in [0, 0.05) is 31.1 Å². The second-order valence-corrected chi connectivity index (χ2v) is 5.45. The molecule has 5 nitrogen and oxygen atoms in total. The summed E-state index contributed by atoms with van der Waals surface area (Å²) >= 11 is 3.35. The first kappa shape index (κ1) is 17.2. The average Bonchev–Trinajstić information content (AvgIpc) is 2.43. The molecule has 0 saturated carbocycles. The van der Waals surface area contributed by atoms with Gasteiger partial charge in [-0.1, -0.05) is 15.9 Å². The minimum atomic E-state index is -1.00. The third-order valence-electron chi connectivity index (χ3n) is 2.68. The fourth-order valence-electron chi connectivity index (χ4n) is 1.54. The average molecular weight is 356 g/mol. The van der Waals surface area contributed by atoms with Gasteiger partial charge in [-0.2, -0.15) is 0 Å². The third-order valence-corrected chi connectivity index (χ3v) is 3.40. The van der Waals surface area contributed by atoms with Crippen LogP contribution >= 0.6 is 15.9 Å². The predicted octanol–water partition coefficient (Wildman–Crippen LogP) is 2.79. The van der Waals surface area contributed by atoms with Crippen molar-refractivity contribution in [1.82, 2.24) is 4.90 Å². The summed E-state index contributed by atoms with van der Waals surface area (Å²) in [6, 6.07) is 5.33. The van der Waals surface area contributed by atoms with Crippen molar-refractivity contribution >= 4 is 33.9 Å². The fraction of sp³-hybridized carbons (Fsp3) is 0.333. The zero-order valence-corrected chi connectivity index (χ0v) is 13.6. The van der Waals surface area contributed by atoms with Gasteiger partial charge in [0.25, 0.3) is 0 Å². The number of carbonyl (C=O) groups is 2. The number of ether oxygens (including phenoxy) is 1. The second kappa shape index (κ2) is 8.46. The Kier molecular flexibility index (Phi) is 6.94. The maximum absolute atomic E-state index is 11.4. The van der Waals surface area contributed by atoms with E-state index in [0.717, 1.165) is 16.1 Å². The molecule has 1 rings (SSSR count). The Labute approximate surface area is 132 Å². The first-order valence-electron chi connectivity index (χ1n) is 6.43. The predicted molar refractivity (Wildman–Crippen MR) is 84.2 cm³/mol. The molecule has 0 aliphatic heterocycles. The van der Waals surface area contributed by atoms with Crippen LogP contribution in [0.2, 0.25) is 0 Å². The van der Waals surface area contributed by atoms with Gasteiger partial charge in [0.15, 0.2) is 0 Å². The molecule has 0 aliphatic rings. The van der Waals surface area contributed by atoms with Gasteiger partial charge in [0.1, 0.15) is 5.75 Å². The molecule has 0 atom stereocenters. The normalized spacial score (nSPS) is 10.6. The molecule has 1 N–H and O–H groups in total. The third kappa shape index (κ3) is 6.44. The molecule has 1 aromatic carbocycles. The molecule has 21 heavy (non-hydrogen) atoms. The van der Waals surface area contributed by atoms with Crippen LogP contribution in [0.25, 0.3) is 6.08 Å². The topological polar surface area (TPSA) is 66.8 Å². The largest absolute Gasteiger partial charge is 0.494 e. The SMILES string of the molecule is CN(C)C(=O)CCCOc1ccc(Br)c(/C=C/C(=O)O)c1. The van der Waals surface area contributed by atoms with Gasteiger partial charge < -0.3 is 14.7 Å². The highest BCUT2D eigenvalue weighted by Crippen LogP contribution is 2.24. The molecular weight excluding hydrogens is 338 g/mol. The molecule has 0 fully saturated rings. The molecule has 0 bridgehead atoms. The van der Waals surface area contributed by atoms with Crippen LogP contribution in [0.4, 0.5) is 0 Å². The number of carbonyl (C=O) groups excluding carboxylic acids is 1. The quantitative estimate of drug-likeness (QED) is 0.603. The number of carboxylic acid groups (broad SMARTS) is 1. The van der Waals surface area contributed by atoms with E-state index in [1.165, 1.54) is 6.08 Å². The standard InChI is InChI=1S/C15H18BrNO4/c1-17(2)14(18)4-3-9-21-12-6-7-13(16)11(10-12)5-8-15(19)20/h5-8,10H,3-4,9H2,1-2H3,(H,19,20)/b8-5+. The highest BCUT2D eigenvalue weighted by atomic mass is 79.9. The molecule has 1 amide bonds. The molecule has 0 heterocycles. The molecule has 0 aromatic heterocycles. The number of halogens is 1. The maximum atomic E-state index is 11.4. The summed E-state index contributed by atoms with van der Waals surface area (Å²) < 4.78 is 6.35. The Hall–Kier alpha value is -1.82. The van der Waals surface area contributed by atoms with Crippen LogP contribution in [0, 0.1) is 0 Å². The lowest BCUT2D eigenvalue weighted by Crippen LogP contribution is -2.21. The van der Waals surface area contributed by atoms with Crippen molar-refractivity contribution in [2.45, 2.75) is 12.8 Å². The van der Waals surface area contributed by atoms with Gasteiger partial charge >= 0.3 is 5.97 Å². The molecular formula is C15H18BrNO4. The Balaban J connectivity index is 2.54. The molecule has 0 saturated heterocycles. The Bertz CT molecular complexity index is 540. The minimum absolute atomic E-state index is 0.0690. The first-order chi connectivity index (χ1) is 9.90. The van der Waals surface area contributed by atoms with Crippen LogP contribution in [0.15, 0.2) is 28.7 Å². The van der Waals surface area contributed by atoms with Crippen LogP contribution in [0.1, 0.15) is 18.4 Å². The van der Waals surface area contributed by atoms with Crippen LogP contribution in [-0.2, 0) is 9.59 Å². The van der Waals surface area contributed by atoms with E-state index in [2.05, 4.69) is 15.9 Å². The summed E-state index contributed by atoms with van der Waals surface area (Å²) in [6.45, 7) is 0.434. The number of amides is 1. The van der Waals surface area contributed by atoms with Crippen molar-refractivity contribution in [3.8, 4) is 5.75 Å². The second-order valence-electron chi connectivity index (χ2n) is 4.60. The van der Waals surface area contributed by atoms with Gasteiger partial charge in [-0.3, -0.25) is 4.79 Å². The Morgan fingerprint density at radius 1 is 1.38 bits per heavy atom. The number of rotatable bonds is 7. The van der Waals surface area contributed by atoms with E-state index < -0.39 is 5.97 Å². The summed E-state index contributed by atoms with van der Waals surface area (Å²) in [7, 11) is 3.44. The molecule has 0 aliphatic carbocycles. The summed E-state index contributed by atoms with van der Waals surface area (Å²) in [5.74, 6) is -0.296. The maximum Gasteiger partial charge on any atom is 0.328 e. The van der Waals surface area contributed by atoms with Gasteiger partial charge in [0.2, 0.25) is 5.91 Å².